The molecule has 0 aliphatic carbocycles. The van der Waals surface area contributed by atoms with E-state index in [-0.39, 0.29) is 12.0 Å². The van der Waals surface area contributed by atoms with Gasteiger partial charge < -0.3 is 14.8 Å². The zero-order valence-corrected chi connectivity index (χ0v) is 16.0. The van der Waals surface area contributed by atoms with E-state index in [2.05, 4.69) is 15.2 Å². The second-order valence-electron chi connectivity index (χ2n) is 6.88. The van der Waals surface area contributed by atoms with E-state index in [0.717, 1.165) is 29.9 Å². The highest BCUT2D eigenvalue weighted by molar-refractivity contribution is 5.78. The molecule has 0 saturated heterocycles. The van der Waals surface area contributed by atoms with Crippen LogP contribution in [0.5, 0.6) is 11.5 Å². The van der Waals surface area contributed by atoms with Gasteiger partial charge in [-0.25, -0.2) is 0 Å². The van der Waals surface area contributed by atoms with Crippen molar-refractivity contribution in [3.05, 3.63) is 53.9 Å². The van der Waals surface area contributed by atoms with Gasteiger partial charge in [0.1, 0.15) is 17.6 Å². The van der Waals surface area contributed by atoms with Crippen LogP contribution in [0.4, 0.5) is 0 Å². The van der Waals surface area contributed by atoms with Crippen molar-refractivity contribution in [3.8, 4) is 11.5 Å². The van der Waals surface area contributed by atoms with Crippen LogP contribution < -0.4 is 14.8 Å². The highest BCUT2D eigenvalue weighted by atomic mass is 16.5. The first kappa shape index (κ1) is 19.2. The number of methoxy groups -OCH3 is 1. The molecule has 0 spiro atoms. The predicted octanol–water partition coefficient (Wildman–Crippen LogP) is 2.42. The van der Waals surface area contributed by atoms with E-state index in [4.69, 9.17) is 9.47 Å². The first-order chi connectivity index (χ1) is 13.1. The molecular weight excluding hydrogens is 342 g/mol. The molecule has 0 fully saturated rings. The summed E-state index contributed by atoms with van der Waals surface area (Å²) in [6.07, 6.45) is 5.45. The topological polar surface area (TPSA) is 63.7 Å². The van der Waals surface area contributed by atoms with E-state index in [1.165, 1.54) is 5.56 Å². The zero-order valence-electron chi connectivity index (χ0n) is 16.0. The number of carbonyl (C=O) groups excluding carboxylic acids is 1. The maximum Gasteiger partial charge on any atom is 0.234 e. The lowest BCUT2D eigenvalue weighted by Gasteiger charge is -2.21. The lowest BCUT2D eigenvalue weighted by molar-refractivity contribution is -0.122. The van der Waals surface area contributed by atoms with Gasteiger partial charge >= 0.3 is 0 Å². The third kappa shape index (κ3) is 5.69. The first-order valence-electron chi connectivity index (χ1n) is 9.35. The number of benzene rings is 1. The van der Waals surface area contributed by atoms with Crippen LogP contribution in [0.1, 0.15) is 24.5 Å². The Morgan fingerprint density at radius 1 is 1.33 bits per heavy atom. The fourth-order valence-corrected chi connectivity index (χ4v) is 3.27. The van der Waals surface area contributed by atoms with Gasteiger partial charge in [-0.3, -0.25) is 14.7 Å². The minimum Gasteiger partial charge on any atom is -0.497 e. The third-order valence-corrected chi connectivity index (χ3v) is 4.59. The van der Waals surface area contributed by atoms with E-state index < -0.39 is 0 Å². The van der Waals surface area contributed by atoms with Crippen molar-refractivity contribution in [3.63, 3.8) is 0 Å². The van der Waals surface area contributed by atoms with Crippen LogP contribution in [0.15, 0.2) is 42.7 Å². The summed E-state index contributed by atoms with van der Waals surface area (Å²) in [5.41, 5.74) is 2.32. The summed E-state index contributed by atoms with van der Waals surface area (Å²) in [5.74, 6) is 1.66. The van der Waals surface area contributed by atoms with Crippen LogP contribution in [-0.4, -0.2) is 48.6 Å². The zero-order chi connectivity index (χ0) is 19.1. The number of amides is 1. The summed E-state index contributed by atoms with van der Waals surface area (Å²) in [4.78, 5) is 18.5. The van der Waals surface area contributed by atoms with Crippen molar-refractivity contribution in [2.45, 2.75) is 32.4 Å². The molecule has 0 saturated carbocycles. The van der Waals surface area contributed by atoms with Crippen molar-refractivity contribution < 1.29 is 14.3 Å². The molecule has 1 aromatic heterocycles. The molecule has 2 aromatic rings. The number of rotatable bonds is 7. The second-order valence-corrected chi connectivity index (χ2v) is 6.88. The SMILES string of the molecule is COc1ccc2c(c1)OC(C)CN(CC(=O)NCCCc1ccncc1)C2. The van der Waals surface area contributed by atoms with E-state index in [9.17, 15) is 4.79 Å². The second kappa shape index (κ2) is 9.37. The Hall–Kier alpha value is -2.60. The van der Waals surface area contributed by atoms with Crippen molar-refractivity contribution in [1.82, 2.24) is 15.2 Å². The van der Waals surface area contributed by atoms with Crippen LogP contribution in [0, 0.1) is 0 Å². The Labute approximate surface area is 160 Å². The smallest absolute Gasteiger partial charge is 0.234 e. The van der Waals surface area contributed by atoms with Gasteiger partial charge in [0, 0.05) is 43.7 Å². The number of ether oxygens (including phenoxy) is 2. The Bertz CT molecular complexity index is 752. The van der Waals surface area contributed by atoms with Crippen molar-refractivity contribution in [2.75, 3.05) is 26.7 Å². The van der Waals surface area contributed by atoms with Gasteiger partial charge in [0.15, 0.2) is 0 Å². The lowest BCUT2D eigenvalue weighted by atomic mass is 10.1. The molecule has 6 nitrogen and oxygen atoms in total. The molecule has 3 rings (SSSR count). The summed E-state index contributed by atoms with van der Waals surface area (Å²) >= 11 is 0. The van der Waals surface area contributed by atoms with Gasteiger partial charge in [-0.15, -0.1) is 0 Å². The van der Waals surface area contributed by atoms with Crippen LogP contribution in [-0.2, 0) is 17.8 Å². The van der Waals surface area contributed by atoms with Gasteiger partial charge in [0.2, 0.25) is 5.91 Å². The molecule has 0 bridgehead atoms. The van der Waals surface area contributed by atoms with Crippen LogP contribution in [0.25, 0.3) is 0 Å². The van der Waals surface area contributed by atoms with Gasteiger partial charge in [-0.2, -0.15) is 0 Å². The number of nitrogens with zero attached hydrogens (tertiary/aromatic N) is 2. The monoisotopic (exact) mass is 369 g/mol. The molecule has 1 aromatic carbocycles. The molecule has 144 valence electrons. The largest absolute Gasteiger partial charge is 0.497 e. The number of nitrogens with one attached hydrogen (secondary N) is 1. The van der Waals surface area contributed by atoms with Crippen LogP contribution in [0.3, 0.4) is 0 Å². The molecule has 1 unspecified atom stereocenters. The van der Waals surface area contributed by atoms with Gasteiger partial charge in [0.25, 0.3) is 0 Å². The molecule has 1 N–H and O–H groups in total. The van der Waals surface area contributed by atoms with Crippen molar-refractivity contribution in [2.24, 2.45) is 0 Å². The number of aryl methyl sites for hydroxylation is 1. The summed E-state index contributed by atoms with van der Waals surface area (Å²) < 4.78 is 11.3. The number of carbonyl (C=O) groups is 1. The fraction of sp³-hybridized carbons (Fsp3) is 0.429. The van der Waals surface area contributed by atoms with E-state index in [1.807, 2.05) is 37.3 Å². The molecule has 6 heteroatoms. The Morgan fingerprint density at radius 3 is 2.93 bits per heavy atom. The number of hydrogen-bond donors (Lipinski definition) is 1. The molecule has 0 radical (unpaired) electrons. The number of fused-ring (bicyclic) bond motifs is 1. The molecule has 1 amide bonds. The summed E-state index contributed by atoms with van der Waals surface area (Å²) in [6.45, 7) is 4.47. The molecule has 27 heavy (non-hydrogen) atoms. The third-order valence-electron chi connectivity index (χ3n) is 4.59. The molecule has 2 heterocycles. The molecular formula is C21H27N3O3. The maximum absolute atomic E-state index is 12.3. The summed E-state index contributed by atoms with van der Waals surface area (Å²) in [7, 11) is 1.65. The number of aromatic nitrogens is 1. The quantitative estimate of drug-likeness (QED) is 0.760. The summed E-state index contributed by atoms with van der Waals surface area (Å²) in [5, 5.41) is 3.02. The first-order valence-corrected chi connectivity index (χ1v) is 9.35. The van der Waals surface area contributed by atoms with E-state index in [0.29, 0.717) is 26.2 Å². The minimum absolute atomic E-state index is 0.0119. The van der Waals surface area contributed by atoms with E-state index >= 15 is 0 Å². The highest BCUT2D eigenvalue weighted by Gasteiger charge is 2.22. The Kier molecular flexibility index (Phi) is 6.65. The Balaban J connectivity index is 1.48. The van der Waals surface area contributed by atoms with E-state index in [1.54, 1.807) is 19.5 Å². The van der Waals surface area contributed by atoms with Gasteiger partial charge in [-0.1, -0.05) is 6.07 Å². The molecule has 1 atom stereocenters. The van der Waals surface area contributed by atoms with Crippen LogP contribution in [0.2, 0.25) is 0 Å². The highest BCUT2D eigenvalue weighted by Crippen LogP contribution is 2.29. The van der Waals surface area contributed by atoms with Crippen LogP contribution >= 0.6 is 0 Å². The lowest BCUT2D eigenvalue weighted by Crippen LogP contribution is -2.40. The predicted molar refractivity (Wildman–Crippen MR) is 104 cm³/mol. The fourth-order valence-electron chi connectivity index (χ4n) is 3.27. The average molecular weight is 369 g/mol. The Morgan fingerprint density at radius 2 is 2.15 bits per heavy atom. The summed E-state index contributed by atoms with van der Waals surface area (Å²) in [6, 6.07) is 9.86. The van der Waals surface area contributed by atoms with Crippen molar-refractivity contribution in [1.29, 1.82) is 0 Å². The van der Waals surface area contributed by atoms with Gasteiger partial charge in [-0.05, 0) is 43.5 Å². The molecule has 1 aliphatic rings. The average Bonchev–Trinajstić information content (AvgIpc) is 2.82. The molecule has 1 aliphatic heterocycles. The maximum atomic E-state index is 12.3. The number of hydrogen-bond acceptors (Lipinski definition) is 5. The normalized spacial score (nSPS) is 16.7. The van der Waals surface area contributed by atoms with Gasteiger partial charge in [0.05, 0.1) is 13.7 Å². The van der Waals surface area contributed by atoms with Crippen molar-refractivity contribution >= 4 is 5.91 Å². The standard InChI is InChI=1S/C21H27N3O3/c1-16-13-24(14-18-5-6-19(26-2)12-20(18)27-16)15-21(25)23-9-3-4-17-7-10-22-11-8-17/h5-8,10-12,16H,3-4,9,13-15H2,1-2H3,(H,23,25). The minimum atomic E-state index is 0.0119. The number of pyridine rings is 1.